The van der Waals surface area contributed by atoms with Crippen molar-refractivity contribution in [1.29, 1.82) is 0 Å². The topological polar surface area (TPSA) is 49.5 Å². The first-order chi connectivity index (χ1) is 7.15. The van der Waals surface area contributed by atoms with Gasteiger partial charge in [0.2, 0.25) is 0 Å². The first kappa shape index (κ1) is 12.9. The fraction of sp³-hybridized carbons (Fsp3) is 1.00. The molecule has 0 aliphatic heterocycles. The van der Waals surface area contributed by atoms with E-state index in [-0.39, 0.29) is 6.61 Å². The lowest BCUT2D eigenvalue weighted by molar-refractivity contribution is 0.125. The van der Waals surface area contributed by atoms with E-state index < -0.39 is 0 Å². The highest BCUT2D eigenvalue weighted by atomic mass is 16.3. The number of aliphatic hydroxyl groups is 1. The lowest BCUT2D eigenvalue weighted by Gasteiger charge is -2.35. The zero-order valence-electron chi connectivity index (χ0n) is 10.2. The van der Waals surface area contributed by atoms with Crippen molar-refractivity contribution in [3.63, 3.8) is 0 Å². The van der Waals surface area contributed by atoms with Crippen molar-refractivity contribution in [3.05, 3.63) is 0 Å². The molecule has 0 aromatic carbocycles. The molecule has 0 heterocycles. The second kappa shape index (κ2) is 6.46. The van der Waals surface area contributed by atoms with Gasteiger partial charge in [-0.2, -0.15) is 0 Å². The van der Waals surface area contributed by atoms with Gasteiger partial charge in [0, 0.05) is 25.2 Å². The summed E-state index contributed by atoms with van der Waals surface area (Å²) in [6.07, 6.45) is 5.05. The second-order valence-electron chi connectivity index (χ2n) is 5.02. The average molecular weight is 214 g/mol. The Bertz CT molecular complexity index is 171. The molecule has 90 valence electrons. The quantitative estimate of drug-likeness (QED) is 0.723. The van der Waals surface area contributed by atoms with E-state index in [0.717, 1.165) is 13.1 Å². The Morgan fingerprint density at radius 3 is 2.53 bits per heavy atom. The lowest BCUT2D eigenvalue weighted by atomic mass is 9.84. The van der Waals surface area contributed by atoms with Gasteiger partial charge < -0.3 is 10.8 Å². The Hall–Kier alpha value is -0.120. The number of aliphatic hydroxyl groups excluding tert-OH is 1. The van der Waals surface area contributed by atoms with Crippen LogP contribution in [0.15, 0.2) is 0 Å². The summed E-state index contributed by atoms with van der Waals surface area (Å²) in [7, 11) is 0. The first-order valence-corrected chi connectivity index (χ1v) is 6.25. The third-order valence-electron chi connectivity index (χ3n) is 3.55. The van der Waals surface area contributed by atoms with Gasteiger partial charge in [0.05, 0.1) is 6.61 Å². The molecule has 1 aliphatic carbocycles. The van der Waals surface area contributed by atoms with Crippen LogP contribution in [-0.4, -0.2) is 41.8 Å². The maximum atomic E-state index is 9.01. The van der Waals surface area contributed by atoms with Crippen molar-refractivity contribution in [2.75, 3.05) is 19.7 Å². The van der Waals surface area contributed by atoms with Crippen LogP contribution in [0.4, 0.5) is 0 Å². The van der Waals surface area contributed by atoms with Crippen molar-refractivity contribution in [2.24, 2.45) is 11.7 Å². The minimum atomic E-state index is 0.250. The zero-order chi connectivity index (χ0) is 11.3. The Morgan fingerprint density at radius 1 is 1.33 bits per heavy atom. The smallest absolute Gasteiger partial charge is 0.0558 e. The predicted molar refractivity (Wildman–Crippen MR) is 63.7 cm³/mol. The number of nitrogens with zero attached hydrogens (tertiary/aromatic N) is 1. The maximum absolute atomic E-state index is 9.01. The van der Waals surface area contributed by atoms with E-state index in [1.165, 1.54) is 25.7 Å². The van der Waals surface area contributed by atoms with Crippen LogP contribution in [0.1, 0.15) is 39.5 Å². The molecule has 2 atom stereocenters. The van der Waals surface area contributed by atoms with Crippen LogP contribution in [0.3, 0.4) is 0 Å². The van der Waals surface area contributed by atoms with Crippen LogP contribution in [0.2, 0.25) is 0 Å². The van der Waals surface area contributed by atoms with E-state index in [1.54, 1.807) is 0 Å². The van der Waals surface area contributed by atoms with E-state index >= 15 is 0 Å². The zero-order valence-corrected chi connectivity index (χ0v) is 10.2. The predicted octanol–water partition coefficient (Wildman–Crippen LogP) is 1.21. The van der Waals surface area contributed by atoms with Gasteiger partial charge in [-0.3, -0.25) is 4.90 Å². The molecular formula is C12H26N2O. The molecule has 3 nitrogen and oxygen atoms in total. The molecule has 0 bridgehead atoms. The fourth-order valence-electron chi connectivity index (χ4n) is 2.45. The summed E-state index contributed by atoms with van der Waals surface area (Å²) >= 11 is 0. The Kier molecular flexibility index (Phi) is 5.58. The molecule has 1 saturated carbocycles. The van der Waals surface area contributed by atoms with Gasteiger partial charge in [0.15, 0.2) is 0 Å². The van der Waals surface area contributed by atoms with Crippen LogP contribution in [0, 0.1) is 5.92 Å². The van der Waals surface area contributed by atoms with Gasteiger partial charge in [0.1, 0.15) is 0 Å². The molecule has 15 heavy (non-hydrogen) atoms. The summed E-state index contributed by atoms with van der Waals surface area (Å²) in [5.74, 6) is 0.632. The number of hydrogen-bond acceptors (Lipinski definition) is 3. The first-order valence-electron chi connectivity index (χ1n) is 6.25. The molecule has 0 radical (unpaired) electrons. The molecule has 0 amide bonds. The van der Waals surface area contributed by atoms with Gasteiger partial charge in [-0.05, 0) is 32.6 Å². The minimum absolute atomic E-state index is 0.250. The van der Waals surface area contributed by atoms with E-state index in [2.05, 4.69) is 18.7 Å². The van der Waals surface area contributed by atoms with Crippen molar-refractivity contribution in [2.45, 2.75) is 51.6 Å². The fourth-order valence-corrected chi connectivity index (χ4v) is 2.45. The van der Waals surface area contributed by atoms with Crippen molar-refractivity contribution in [1.82, 2.24) is 4.90 Å². The van der Waals surface area contributed by atoms with Gasteiger partial charge in [-0.25, -0.2) is 0 Å². The molecule has 0 spiro atoms. The van der Waals surface area contributed by atoms with E-state index in [1.807, 2.05) is 0 Å². The molecule has 0 aromatic heterocycles. The van der Waals surface area contributed by atoms with Crippen LogP contribution in [-0.2, 0) is 0 Å². The highest BCUT2D eigenvalue weighted by molar-refractivity contribution is 4.81. The van der Waals surface area contributed by atoms with Crippen LogP contribution < -0.4 is 5.73 Å². The summed E-state index contributed by atoms with van der Waals surface area (Å²) < 4.78 is 0. The van der Waals surface area contributed by atoms with Crippen LogP contribution in [0.25, 0.3) is 0 Å². The van der Waals surface area contributed by atoms with E-state index in [0.29, 0.717) is 18.0 Å². The Morgan fingerprint density at radius 2 is 2.00 bits per heavy atom. The van der Waals surface area contributed by atoms with Crippen molar-refractivity contribution < 1.29 is 5.11 Å². The van der Waals surface area contributed by atoms with Crippen LogP contribution in [0.5, 0.6) is 0 Å². The number of nitrogens with two attached hydrogens (primary N) is 1. The molecule has 0 aromatic rings. The SMILES string of the molecule is CC(C)N(CCO)CC1CCCCC1N. The number of hydrogen-bond donors (Lipinski definition) is 2. The maximum Gasteiger partial charge on any atom is 0.0558 e. The van der Waals surface area contributed by atoms with E-state index in [9.17, 15) is 0 Å². The van der Waals surface area contributed by atoms with E-state index in [4.69, 9.17) is 10.8 Å². The van der Waals surface area contributed by atoms with Gasteiger partial charge in [-0.1, -0.05) is 12.8 Å². The molecule has 0 saturated heterocycles. The molecule has 1 aliphatic rings. The van der Waals surface area contributed by atoms with Gasteiger partial charge in [0.25, 0.3) is 0 Å². The normalized spacial score (nSPS) is 27.6. The summed E-state index contributed by atoms with van der Waals surface area (Å²) in [6.45, 7) is 6.45. The second-order valence-corrected chi connectivity index (χ2v) is 5.02. The van der Waals surface area contributed by atoms with Crippen molar-refractivity contribution in [3.8, 4) is 0 Å². The van der Waals surface area contributed by atoms with Crippen molar-refractivity contribution >= 4 is 0 Å². The highest BCUT2D eigenvalue weighted by Gasteiger charge is 2.24. The molecule has 1 fully saturated rings. The molecule has 1 rings (SSSR count). The summed E-state index contributed by atoms with van der Waals surface area (Å²) in [5.41, 5.74) is 6.13. The summed E-state index contributed by atoms with van der Waals surface area (Å²) in [6, 6.07) is 0.880. The minimum Gasteiger partial charge on any atom is -0.395 e. The standard InChI is InChI=1S/C12H26N2O/c1-10(2)14(7-8-15)9-11-5-3-4-6-12(11)13/h10-12,15H,3-9,13H2,1-2H3. The molecule has 3 N–H and O–H groups in total. The summed E-state index contributed by atoms with van der Waals surface area (Å²) in [4.78, 5) is 2.34. The van der Waals surface area contributed by atoms with Crippen LogP contribution >= 0.6 is 0 Å². The highest BCUT2D eigenvalue weighted by Crippen LogP contribution is 2.24. The van der Waals surface area contributed by atoms with Gasteiger partial charge in [-0.15, -0.1) is 0 Å². The Balaban J connectivity index is 2.41. The largest absolute Gasteiger partial charge is 0.395 e. The monoisotopic (exact) mass is 214 g/mol. The molecular weight excluding hydrogens is 188 g/mol. The average Bonchev–Trinajstić information content (AvgIpc) is 2.20. The lowest BCUT2D eigenvalue weighted by Crippen LogP contribution is -2.44. The third kappa shape index (κ3) is 4.09. The third-order valence-corrected chi connectivity index (χ3v) is 3.55. The summed E-state index contributed by atoms with van der Waals surface area (Å²) in [5, 5.41) is 9.01. The molecule has 2 unspecified atom stereocenters. The number of rotatable bonds is 5. The Labute approximate surface area is 93.6 Å². The van der Waals surface area contributed by atoms with Gasteiger partial charge >= 0.3 is 0 Å². The molecule has 3 heteroatoms.